The topological polar surface area (TPSA) is 26.3 Å². The van der Waals surface area contributed by atoms with Crippen molar-refractivity contribution in [3.05, 3.63) is 64.4 Å². The Balaban J connectivity index is 2.27. The van der Waals surface area contributed by atoms with Crippen molar-refractivity contribution in [2.45, 2.75) is 6.42 Å². The van der Waals surface area contributed by atoms with Gasteiger partial charge in [-0.15, -0.1) is 0 Å². The van der Waals surface area contributed by atoms with Gasteiger partial charge in [0, 0.05) is 11.4 Å². The highest BCUT2D eigenvalue weighted by Gasteiger charge is 2.13. The van der Waals surface area contributed by atoms with E-state index in [0.717, 1.165) is 0 Å². The van der Waals surface area contributed by atoms with Crippen LogP contribution >= 0.6 is 11.6 Å². The lowest BCUT2D eigenvalue weighted by molar-refractivity contribution is 0.0990. The first-order valence-corrected chi connectivity index (χ1v) is 6.09. The smallest absolute Gasteiger partial charge is 0.171 e. The van der Waals surface area contributed by atoms with E-state index in [4.69, 9.17) is 16.3 Å². The van der Waals surface area contributed by atoms with Gasteiger partial charge < -0.3 is 4.74 Å². The molecule has 0 aliphatic carbocycles. The first-order chi connectivity index (χ1) is 9.10. The van der Waals surface area contributed by atoms with Crippen molar-refractivity contribution < 1.29 is 13.9 Å². The van der Waals surface area contributed by atoms with Gasteiger partial charge in [0.15, 0.2) is 5.78 Å². The maximum atomic E-state index is 13.1. The average Bonchev–Trinajstić information content (AvgIpc) is 2.38. The summed E-state index contributed by atoms with van der Waals surface area (Å²) in [6.07, 6.45) is 0.106. The van der Waals surface area contributed by atoms with E-state index in [2.05, 4.69) is 0 Å². The van der Waals surface area contributed by atoms with E-state index in [1.165, 1.54) is 19.2 Å². The number of carbonyl (C=O) groups excluding carboxylic acids is 1. The van der Waals surface area contributed by atoms with Crippen LogP contribution in [0.25, 0.3) is 0 Å². The molecular formula is C15H12ClFO2. The van der Waals surface area contributed by atoms with Crippen LogP contribution in [0.1, 0.15) is 15.9 Å². The van der Waals surface area contributed by atoms with Gasteiger partial charge in [-0.05, 0) is 35.9 Å². The Bertz CT molecular complexity index is 611. The van der Waals surface area contributed by atoms with Crippen LogP contribution in [-0.4, -0.2) is 12.9 Å². The second-order valence-corrected chi connectivity index (χ2v) is 4.51. The molecule has 98 valence electrons. The molecule has 0 amide bonds. The predicted molar refractivity (Wildman–Crippen MR) is 72.4 cm³/mol. The van der Waals surface area contributed by atoms with Crippen LogP contribution in [0.3, 0.4) is 0 Å². The molecule has 0 saturated carbocycles. The third-order valence-electron chi connectivity index (χ3n) is 2.72. The van der Waals surface area contributed by atoms with Gasteiger partial charge in [-0.1, -0.05) is 23.7 Å². The number of hydrogen-bond donors (Lipinski definition) is 0. The number of ketones is 1. The molecule has 0 spiro atoms. The van der Waals surface area contributed by atoms with E-state index < -0.39 is 0 Å². The van der Waals surface area contributed by atoms with Crippen molar-refractivity contribution in [3.63, 3.8) is 0 Å². The molecule has 0 atom stereocenters. The average molecular weight is 279 g/mol. The quantitative estimate of drug-likeness (QED) is 0.793. The third kappa shape index (κ3) is 3.32. The molecule has 4 heteroatoms. The molecule has 19 heavy (non-hydrogen) atoms. The largest absolute Gasteiger partial charge is 0.496 e. The van der Waals surface area contributed by atoms with Crippen LogP contribution in [0, 0.1) is 5.82 Å². The standard InChI is InChI=1S/C15H12ClFO2/c1-19-15-6-5-11(16)9-13(15)14(18)8-10-3-2-4-12(17)7-10/h2-7,9H,8H2,1H3. The number of hydrogen-bond acceptors (Lipinski definition) is 2. The van der Waals surface area contributed by atoms with Crippen LogP contribution in [-0.2, 0) is 6.42 Å². The van der Waals surface area contributed by atoms with E-state index in [0.29, 0.717) is 21.9 Å². The molecule has 0 N–H and O–H groups in total. The van der Waals surface area contributed by atoms with Gasteiger partial charge in [0.05, 0.1) is 12.7 Å². The first-order valence-electron chi connectivity index (χ1n) is 5.71. The molecular weight excluding hydrogens is 267 g/mol. The fourth-order valence-corrected chi connectivity index (χ4v) is 2.00. The van der Waals surface area contributed by atoms with Crippen LogP contribution in [0.2, 0.25) is 5.02 Å². The summed E-state index contributed by atoms with van der Waals surface area (Å²) in [5.74, 6) is -0.0564. The van der Waals surface area contributed by atoms with Crippen LogP contribution in [0.15, 0.2) is 42.5 Å². The van der Waals surface area contributed by atoms with Gasteiger partial charge in [-0.25, -0.2) is 4.39 Å². The van der Waals surface area contributed by atoms with Crippen molar-refractivity contribution >= 4 is 17.4 Å². The Hall–Kier alpha value is -1.87. The van der Waals surface area contributed by atoms with E-state index >= 15 is 0 Å². The summed E-state index contributed by atoms with van der Waals surface area (Å²) in [7, 11) is 1.49. The summed E-state index contributed by atoms with van der Waals surface area (Å²) in [4.78, 5) is 12.2. The molecule has 0 radical (unpaired) electrons. The van der Waals surface area contributed by atoms with Gasteiger partial charge >= 0.3 is 0 Å². The van der Waals surface area contributed by atoms with Gasteiger partial charge in [-0.3, -0.25) is 4.79 Å². The maximum absolute atomic E-state index is 13.1. The predicted octanol–water partition coefficient (Wildman–Crippen LogP) is 3.91. The molecule has 0 bridgehead atoms. The van der Waals surface area contributed by atoms with Crippen molar-refractivity contribution in [1.82, 2.24) is 0 Å². The Morgan fingerprint density at radius 1 is 1.26 bits per heavy atom. The summed E-state index contributed by atoms with van der Waals surface area (Å²) in [5.41, 5.74) is 1.02. The minimum absolute atomic E-state index is 0.106. The first kappa shape index (κ1) is 13.6. The van der Waals surface area contributed by atoms with Crippen LogP contribution in [0.5, 0.6) is 5.75 Å². The second kappa shape index (κ2) is 5.85. The molecule has 0 heterocycles. The number of rotatable bonds is 4. The van der Waals surface area contributed by atoms with E-state index in [-0.39, 0.29) is 18.0 Å². The molecule has 2 rings (SSSR count). The van der Waals surface area contributed by atoms with Gasteiger partial charge in [0.25, 0.3) is 0 Å². The number of halogens is 2. The zero-order chi connectivity index (χ0) is 13.8. The highest BCUT2D eigenvalue weighted by Crippen LogP contribution is 2.24. The molecule has 2 aromatic rings. The SMILES string of the molecule is COc1ccc(Cl)cc1C(=O)Cc1cccc(F)c1. The van der Waals surface area contributed by atoms with E-state index in [1.54, 1.807) is 30.3 Å². The number of methoxy groups -OCH3 is 1. The van der Waals surface area contributed by atoms with E-state index in [9.17, 15) is 9.18 Å². The summed E-state index contributed by atoms with van der Waals surface area (Å²) < 4.78 is 18.2. The van der Waals surface area contributed by atoms with Crippen LogP contribution in [0.4, 0.5) is 4.39 Å². The van der Waals surface area contributed by atoms with Crippen molar-refractivity contribution in [2.75, 3.05) is 7.11 Å². The molecule has 0 aliphatic heterocycles. The Labute approximate surface area is 115 Å². The zero-order valence-electron chi connectivity index (χ0n) is 10.3. The van der Waals surface area contributed by atoms with Gasteiger partial charge in [0.1, 0.15) is 11.6 Å². The highest BCUT2D eigenvalue weighted by molar-refractivity contribution is 6.31. The minimum Gasteiger partial charge on any atom is -0.496 e. The lowest BCUT2D eigenvalue weighted by Crippen LogP contribution is -2.06. The number of Topliss-reactive ketones (excluding diaryl/α,β-unsaturated/α-hetero) is 1. The monoisotopic (exact) mass is 278 g/mol. The summed E-state index contributed by atoms with van der Waals surface area (Å²) >= 11 is 5.88. The Kier molecular flexibility index (Phi) is 4.17. The lowest BCUT2D eigenvalue weighted by Gasteiger charge is -2.08. The normalized spacial score (nSPS) is 10.3. The molecule has 0 aliphatic rings. The second-order valence-electron chi connectivity index (χ2n) is 4.07. The molecule has 0 saturated heterocycles. The van der Waals surface area contributed by atoms with Crippen LogP contribution < -0.4 is 4.74 Å². The summed E-state index contributed by atoms with van der Waals surface area (Å²) in [6, 6.07) is 10.8. The molecule has 2 nitrogen and oxygen atoms in total. The number of ether oxygens (including phenoxy) is 1. The van der Waals surface area contributed by atoms with Crippen molar-refractivity contribution in [1.29, 1.82) is 0 Å². The molecule has 0 fully saturated rings. The Morgan fingerprint density at radius 2 is 2.05 bits per heavy atom. The number of carbonyl (C=O) groups is 1. The molecule has 0 unspecified atom stereocenters. The lowest BCUT2D eigenvalue weighted by atomic mass is 10.0. The fourth-order valence-electron chi connectivity index (χ4n) is 1.83. The van der Waals surface area contributed by atoms with Crippen molar-refractivity contribution in [2.24, 2.45) is 0 Å². The van der Waals surface area contributed by atoms with Gasteiger partial charge in [-0.2, -0.15) is 0 Å². The van der Waals surface area contributed by atoms with Gasteiger partial charge in [0.2, 0.25) is 0 Å². The molecule has 2 aromatic carbocycles. The Morgan fingerprint density at radius 3 is 2.74 bits per heavy atom. The maximum Gasteiger partial charge on any atom is 0.171 e. The fraction of sp³-hybridized carbons (Fsp3) is 0.133. The highest BCUT2D eigenvalue weighted by atomic mass is 35.5. The number of benzene rings is 2. The third-order valence-corrected chi connectivity index (χ3v) is 2.95. The van der Waals surface area contributed by atoms with Crippen molar-refractivity contribution in [3.8, 4) is 5.75 Å². The zero-order valence-corrected chi connectivity index (χ0v) is 11.1. The summed E-state index contributed by atoms with van der Waals surface area (Å²) in [5, 5.41) is 0.461. The van der Waals surface area contributed by atoms with E-state index in [1.807, 2.05) is 0 Å². The summed E-state index contributed by atoms with van der Waals surface area (Å²) in [6.45, 7) is 0. The minimum atomic E-state index is -0.358. The molecule has 0 aromatic heterocycles.